The normalized spacial score (nSPS) is 14.0. The average molecular weight is 1010 g/mol. The SMILES string of the molecule is CC/C=C\C/C=C\C/C=C\C/C=C\C/C=C\C/C=C\C/C=C\C/C=C\CCCCCCCCCCC(=O)OC(COC(=O)C/C=C\C/C=C\C/C=C\C/C=C\C/C=C\CC)COC(OCC[N+](C)(C)C)C(=O)[O-]. The van der Waals surface area contributed by atoms with Crippen molar-refractivity contribution in [3.05, 3.63) is 158 Å². The molecule has 0 aromatic rings. The Morgan fingerprint density at radius 1 is 0.425 bits per heavy atom. The second kappa shape index (κ2) is 53.2. The summed E-state index contributed by atoms with van der Waals surface area (Å²) in [5.74, 6) is -2.48. The standard InChI is InChI=1S/C64H99NO8/c1-6-8-10-12-14-16-18-20-22-23-24-25-26-27-28-29-30-31-32-33-34-35-36-37-38-39-41-43-45-47-49-51-53-55-62(67)73-60(59-72-64(63(68)69)70-57-56-65(3,4)5)58-71-61(66)54-52-50-48-46-44-42-40-21-19-17-15-13-11-9-7-2/h8-11,14-17,20-22,24-25,27-28,30-31,33-34,36-37,40,44,46,50,52,60,64H,6-7,12-13,18-19,23,26,29,32,35,38-39,41-43,45,47-49,51,53-59H2,1-5H3/b10-8-,11-9-,16-14-,17-15-,22-20-,25-24-,28-27-,31-30-,34-33-,37-36-,40-21-,46-44-,52-50-. The van der Waals surface area contributed by atoms with E-state index in [1.165, 1.54) is 25.7 Å². The molecule has 0 saturated heterocycles. The number of quaternary nitrogens is 1. The van der Waals surface area contributed by atoms with Crippen molar-refractivity contribution in [1.29, 1.82) is 0 Å². The van der Waals surface area contributed by atoms with Crippen molar-refractivity contribution in [1.82, 2.24) is 0 Å². The second-order valence-corrected chi connectivity index (χ2v) is 18.8. The van der Waals surface area contributed by atoms with Gasteiger partial charge in [-0.05, 0) is 103 Å². The molecular formula is C64H99NO8. The van der Waals surface area contributed by atoms with Crippen LogP contribution in [0.25, 0.3) is 0 Å². The Balaban J connectivity index is 4.35. The van der Waals surface area contributed by atoms with Crippen molar-refractivity contribution in [3.8, 4) is 0 Å². The fourth-order valence-electron chi connectivity index (χ4n) is 6.62. The first kappa shape index (κ1) is 67.9. The monoisotopic (exact) mass is 1010 g/mol. The van der Waals surface area contributed by atoms with Crippen LogP contribution in [-0.2, 0) is 33.3 Å². The van der Waals surface area contributed by atoms with Crippen LogP contribution in [0.15, 0.2) is 158 Å². The number of esters is 2. The smallest absolute Gasteiger partial charge is 0.309 e. The van der Waals surface area contributed by atoms with E-state index in [-0.39, 0.29) is 32.7 Å². The van der Waals surface area contributed by atoms with E-state index in [2.05, 4.69) is 154 Å². The summed E-state index contributed by atoms with van der Waals surface area (Å²) in [4.78, 5) is 37.1. The Labute approximate surface area is 444 Å². The first-order valence-electron chi connectivity index (χ1n) is 27.6. The van der Waals surface area contributed by atoms with Crippen LogP contribution in [-0.4, -0.2) is 82.3 Å². The molecule has 0 fully saturated rings. The molecule has 73 heavy (non-hydrogen) atoms. The fourth-order valence-corrected chi connectivity index (χ4v) is 6.62. The van der Waals surface area contributed by atoms with Gasteiger partial charge in [0.15, 0.2) is 12.4 Å². The third-order valence-electron chi connectivity index (χ3n) is 10.8. The summed E-state index contributed by atoms with van der Waals surface area (Å²) in [5, 5.41) is 11.7. The first-order chi connectivity index (χ1) is 35.6. The number of carbonyl (C=O) groups is 3. The molecule has 0 aliphatic rings. The number of ether oxygens (including phenoxy) is 4. The molecule has 0 radical (unpaired) electrons. The van der Waals surface area contributed by atoms with E-state index in [9.17, 15) is 19.5 Å². The number of allylic oxidation sites excluding steroid dienone is 25. The van der Waals surface area contributed by atoms with Gasteiger partial charge in [-0.25, -0.2) is 0 Å². The highest BCUT2D eigenvalue weighted by Crippen LogP contribution is 2.13. The molecule has 0 bridgehead atoms. The molecule has 0 N–H and O–H groups in total. The summed E-state index contributed by atoms with van der Waals surface area (Å²) >= 11 is 0. The minimum Gasteiger partial charge on any atom is -0.545 e. The van der Waals surface area contributed by atoms with Gasteiger partial charge in [-0.15, -0.1) is 0 Å². The van der Waals surface area contributed by atoms with Gasteiger partial charge in [0.25, 0.3) is 0 Å². The van der Waals surface area contributed by atoms with Crippen molar-refractivity contribution in [2.75, 3.05) is 47.5 Å². The van der Waals surface area contributed by atoms with Crippen molar-refractivity contribution in [3.63, 3.8) is 0 Å². The number of carbonyl (C=O) groups excluding carboxylic acids is 3. The number of hydrogen-bond acceptors (Lipinski definition) is 8. The Bertz CT molecular complexity index is 1750. The predicted octanol–water partition coefficient (Wildman–Crippen LogP) is 14.9. The summed E-state index contributed by atoms with van der Waals surface area (Å²) in [6, 6.07) is 0. The van der Waals surface area contributed by atoms with Crippen molar-refractivity contribution in [2.45, 2.75) is 180 Å². The first-order valence-corrected chi connectivity index (χ1v) is 27.6. The Morgan fingerprint density at radius 3 is 1.16 bits per heavy atom. The Hall–Kier alpha value is -5.09. The maximum absolute atomic E-state index is 12.8. The third-order valence-corrected chi connectivity index (χ3v) is 10.8. The van der Waals surface area contributed by atoms with Crippen molar-refractivity contribution in [2.24, 2.45) is 0 Å². The zero-order chi connectivity index (χ0) is 53.4. The van der Waals surface area contributed by atoms with Crippen molar-refractivity contribution >= 4 is 17.9 Å². The molecule has 2 unspecified atom stereocenters. The van der Waals surface area contributed by atoms with Crippen LogP contribution in [0.5, 0.6) is 0 Å². The number of nitrogens with zero attached hydrogens (tertiary/aromatic N) is 1. The van der Waals surface area contributed by atoms with Gasteiger partial charge in [0.2, 0.25) is 0 Å². The molecule has 408 valence electrons. The molecule has 9 heteroatoms. The Kier molecular flexibility index (Phi) is 49.5. The lowest BCUT2D eigenvalue weighted by Gasteiger charge is -2.26. The summed E-state index contributed by atoms with van der Waals surface area (Å²) in [6.45, 7) is 4.35. The molecule has 9 nitrogen and oxygen atoms in total. The lowest BCUT2D eigenvalue weighted by molar-refractivity contribution is -0.870. The van der Waals surface area contributed by atoms with Crippen LogP contribution in [0.2, 0.25) is 0 Å². The van der Waals surface area contributed by atoms with E-state index in [4.69, 9.17) is 18.9 Å². The third kappa shape index (κ3) is 54.5. The molecule has 0 heterocycles. The van der Waals surface area contributed by atoms with Gasteiger partial charge in [0, 0.05) is 6.42 Å². The fraction of sp³-hybridized carbons (Fsp3) is 0.547. The van der Waals surface area contributed by atoms with Gasteiger partial charge in [-0.1, -0.05) is 210 Å². The molecule has 0 aliphatic carbocycles. The number of unbranched alkanes of at least 4 members (excludes halogenated alkanes) is 8. The number of likely N-dealkylation sites (N-methyl/N-ethyl adjacent to an activating group) is 1. The summed E-state index contributed by atoms with van der Waals surface area (Å²) < 4.78 is 22.5. The zero-order valence-electron chi connectivity index (χ0n) is 46.2. The van der Waals surface area contributed by atoms with E-state index in [1.807, 2.05) is 33.3 Å². The predicted molar refractivity (Wildman–Crippen MR) is 305 cm³/mol. The van der Waals surface area contributed by atoms with Crippen molar-refractivity contribution < 1.29 is 42.9 Å². The summed E-state index contributed by atoms with van der Waals surface area (Å²) in [5.41, 5.74) is 0. The molecule has 0 aromatic heterocycles. The largest absolute Gasteiger partial charge is 0.545 e. The van der Waals surface area contributed by atoms with Crippen LogP contribution in [0, 0.1) is 0 Å². The van der Waals surface area contributed by atoms with E-state index < -0.39 is 30.3 Å². The summed E-state index contributed by atoms with van der Waals surface area (Å²) in [7, 11) is 5.87. The maximum Gasteiger partial charge on any atom is 0.309 e. The minimum atomic E-state index is -1.65. The minimum absolute atomic E-state index is 0.0487. The quantitative estimate of drug-likeness (QED) is 0.0195. The number of carboxylic acids is 1. The second-order valence-electron chi connectivity index (χ2n) is 18.8. The lowest BCUT2D eigenvalue weighted by Crippen LogP contribution is -2.44. The van der Waals surface area contributed by atoms with Gasteiger partial charge in [0.05, 0.1) is 46.7 Å². The van der Waals surface area contributed by atoms with E-state index >= 15 is 0 Å². The van der Waals surface area contributed by atoms with Gasteiger partial charge in [-0.2, -0.15) is 0 Å². The van der Waals surface area contributed by atoms with E-state index in [1.54, 1.807) is 6.08 Å². The van der Waals surface area contributed by atoms with Crippen LogP contribution in [0.1, 0.15) is 168 Å². The van der Waals surface area contributed by atoms with Crippen LogP contribution in [0.3, 0.4) is 0 Å². The highest BCUT2D eigenvalue weighted by atomic mass is 16.7. The average Bonchev–Trinajstić information content (AvgIpc) is 3.36. The van der Waals surface area contributed by atoms with Crippen LogP contribution < -0.4 is 5.11 Å². The molecule has 0 saturated carbocycles. The topological polar surface area (TPSA) is 111 Å². The van der Waals surface area contributed by atoms with Crippen LogP contribution in [0.4, 0.5) is 0 Å². The number of carboxylic acid groups (broad SMARTS) is 1. The zero-order valence-corrected chi connectivity index (χ0v) is 46.2. The van der Waals surface area contributed by atoms with Crippen LogP contribution >= 0.6 is 0 Å². The highest BCUT2D eigenvalue weighted by Gasteiger charge is 2.21. The molecule has 0 amide bonds. The molecule has 0 spiro atoms. The Morgan fingerprint density at radius 2 is 0.781 bits per heavy atom. The van der Waals surface area contributed by atoms with Gasteiger partial charge < -0.3 is 33.3 Å². The number of hydrogen-bond donors (Lipinski definition) is 0. The molecular weight excluding hydrogens is 911 g/mol. The lowest BCUT2D eigenvalue weighted by atomic mass is 10.1. The number of rotatable bonds is 48. The number of aliphatic carboxylic acids is 1. The molecule has 0 aliphatic heterocycles. The summed E-state index contributed by atoms with van der Waals surface area (Å²) in [6.07, 6.45) is 76.1. The van der Waals surface area contributed by atoms with Gasteiger partial charge in [-0.3, -0.25) is 9.59 Å². The molecule has 2 atom stereocenters. The molecule has 0 rings (SSSR count). The van der Waals surface area contributed by atoms with Gasteiger partial charge >= 0.3 is 11.9 Å². The maximum atomic E-state index is 12.8. The van der Waals surface area contributed by atoms with E-state index in [0.29, 0.717) is 23.9 Å². The molecule has 0 aromatic carbocycles. The highest BCUT2D eigenvalue weighted by molar-refractivity contribution is 5.71. The van der Waals surface area contributed by atoms with E-state index in [0.717, 1.165) is 103 Å². The van der Waals surface area contributed by atoms with Gasteiger partial charge in [0.1, 0.15) is 13.2 Å².